The van der Waals surface area contributed by atoms with Crippen molar-refractivity contribution in [3.8, 4) is 6.07 Å². The molecular formula is C15H12ClN3O3S. The van der Waals surface area contributed by atoms with Crippen LogP contribution >= 0.6 is 11.6 Å². The fraction of sp³-hybridized carbons (Fsp3) is 0.0667. The molecule has 0 bridgehead atoms. The predicted octanol–water partition coefficient (Wildman–Crippen LogP) is 2.13. The first-order chi connectivity index (χ1) is 10.9. The zero-order valence-electron chi connectivity index (χ0n) is 11.8. The van der Waals surface area contributed by atoms with Crippen LogP contribution in [0.5, 0.6) is 0 Å². The van der Waals surface area contributed by atoms with E-state index in [1.165, 1.54) is 18.2 Å². The van der Waals surface area contributed by atoms with E-state index in [0.717, 1.165) is 0 Å². The summed E-state index contributed by atoms with van der Waals surface area (Å²) in [5.41, 5.74) is 0.924. The van der Waals surface area contributed by atoms with E-state index in [9.17, 15) is 13.2 Å². The fourth-order valence-corrected chi connectivity index (χ4v) is 3.23. The van der Waals surface area contributed by atoms with Gasteiger partial charge in [-0.05, 0) is 36.4 Å². The molecule has 23 heavy (non-hydrogen) atoms. The summed E-state index contributed by atoms with van der Waals surface area (Å²) in [5, 5.41) is 11.3. The molecule has 0 saturated heterocycles. The van der Waals surface area contributed by atoms with Crippen LogP contribution in [0.2, 0.25) is 5.02 Å². The van der Waals surface area contributed by atoms with Gasteiger partial charge in [-0.15, -0.1) is 0 Å². The van der Waals surface area contributed by atoms with Crippen LogP contribution in [-0.4, -0.2) is 20.9 Å². The van der Waals surface area contributed by atoms with Crippen molar-refractivity contribution in [3.63, 3.8) is 0 Å². The average Bonchev–Trinajstić information content (AvgIpc) is 2.54. The number of sulfonamides is 1. The summed E-state index contributed by atoms with van der Waals surface area (Å²) in [6, 6.07) is 14.1. The third-order valence-electron chi connectivity index (χ3n) is 2.85. The zero-order chi connectivity index (χ0) is 16.9. The predicted molar refractivity (Wildman–Crippen MR) is 86.4 cm³/mol. The van der Waals surface area contributed by atoms with Crippen molar-refractivity contribution in [2.75, 3.05) is 11.9 Å². The van der Waals surface area contributed by atoms with Gasteiger partial charge in [0.25, 0.3) is 0 Å². The lowest BCUT2D eigenvalue weighted by Crippen LogP contribution is -2.33. The maximum Gasteiger partial charge on any atom is 0.242 e. The summed E-state index contributed by atoms with van der Waals surface area (Å²) in [6.07, 6.45) is 0. The Balaban J connectivity index is 1.98. The maximum atomic E-state index is 12.1. The van der Waals surface area contributed by atoms with Gasteiger partial charge < -0.3 is 5.32 Å². The molecule has 1 amide bonds. The number of amides is 1. The number of carbonyl (C=O) groups excluding carboxylic acids is 1. The van der Waals surface area contributed by atoms with Crippen LogP contribution in [0.1, 0.15) is 5.56 Å². The molecule has 0 aliphatic heterocycles. The van der Waals surface area contributed by atoms with Crippen molar-refractivity contribution >= 4 is 33.2 Å². The lowest BCUT2D eigenvalue weighted by atomic mass is 10.2. The third kappa shape index (κ3) is 4.53. The molecule has 0 heterocycles. The number of nitrogens with zero attached hydrogens (tertiary/aromatic N) is 1. The van der Waals surface area contributed by atoms with Gasteiger partial charge >= 0.3 is 0 Å². The van der Waals surface area contributed by atoms with E-state index in [-0.39, 0.29) is 9.92 Å². The molecule has 6 nitrogen and oxygen atoms in total. The molecule has 0 atom stereocenters. The molecule has 0 aliphatic carbocycles. The molecule has 8 heteroatoms. The zero-order valence-corrected chi connectivity index (χ0v) is 13.4. The van der Waals surface area contributed by atoms with Gasteiger partial charge in [0.05, 0.1) is 23.2 Å². The Hall–Kier alpha value is -2.40. The molecule has 2 aromatic carbocycles. The molecule has 2 aromatic rings. The Morgan fingerprint density at radius 1 is 1.13 bits per heavy atom. The van der Waals surface area contributed by atoms with Crippen LogP contribution in [0.25, 0.3) is 0 Å². The van der Waals surface area contributed by atoms with Crippen LogP contribution < -0.4 is 10.0 Å². The topological polar surface area (TPSA) is 99.1 Å². The van der Waals surface area contributed by atoms with Crippen molar-refractivity contribution in [2.24, 2.45) is 0 Å². The number of nitrogens with one attached hydrogen (secondary N) is 2. The number of carbonyl (C=O) groups is 1. The molecular weight excluding hydrogens is 338 g/mol. The minimum absolute atomic E-state index is 0.0764. The van der Waals surface area contributed by atoms with Gasteiger partial charge in [-0.25, -0.2) is 13.1 Å². The molecule has 0 aliphatic rings. The summed E-state index contributed by atoms with van der Waals surface area (Å²) >= 11 is 5.84. The number of nitriles is 1. The summed E-state index contributed by atoms with van der Waals surface area (Å²) in [6.45, 7) is -0.437. The van der Waals surface area contributed by atoms with E-state index in [1.54, 1.807) is 30.3 Å². The molecule has 0 spiro atoms. The minimum atomic E-state index is -3.87. The second-order valence-corrected chi connectivity index (χ2v) is 6.63. The van der Waals surface area contributed by atoms with Gasteiger partial charge in [0.1, 0.15) is 4.90 Å². The van der Waals surface area contributed by atoms with Gasteiger partial charge in [0.15, 0.2) is 0 Å². The summed E-state index contributed by atoms with van der Waals surface area (Å²) < 4.78 is 26.3. The largest absolute Gasteiger partial charge is 0.325 e. The first-order valence-electron chi connectivity index (χ1n) is 6.46. The van der Waals surface area contributed by atoms with E-state index >= 15 is 0 Å². The first-order valence-corrected chi connectivity index (χ1v) is 8.33. The Morgan fingerprint density at radius 2 is 1.78 bits per heavy atom. The lowest BCUT2D eigenvalue weighted by Gasteiger charge is -2.09. The molecule has 0 aromatic heterocycles. The standard InChI is InChI=1S/C15H12ClN3O3S/c16-13-3-1-2-4-14(13)23(21,22)18-10-15(20)19-12-7-5-11(9-17)6-8-12/h1-8,18H,10H2,(H,19,20). The highest BCUT2D eigenvalue weighted by Gasteiger charge is 2.18. The molecule has 0 radical (unpaired) electrons. The average molecular weight is 350 g/mol. The molecule has 0 fully saturated rings. The van der Waals surface area contributed by atoms with Gasteiger partial charge in [0.2, 0.25) is 15.9 Å². The van der Waals surface area contributed by atoms with Crippen molar-refractivity contribution < 1.29 is 13.2 Å². The third-order valence-corrected chi connectivity index (χ3v) is 4.75. The second-order valence-electron chi connectivity index (χ2n) is 4.49. The van der Waals surface area contributed by atoms with Gasteiger partial charge in [-0.1, -0.05) is 23.7 Å². The van der Waals surface area contributed by atoms with E-state index in [2.05, 4.69) is 10.0 Å². The van der Waals surface area contributed by atoms with Crippen LogP contribution in [-0.2, 0) is 14.8 Å². The van der Waals surface area contributed by atoms with E-state index in [4.69, 9.17) is 16.9 Å². The molecule has 0 saturated carbocycles. The molecule has 2 N–H and O–H groups in total. The van der Waals surface area contributed by atoms with Crippen molar-refractivity contribution in [2.45, 2.75) is 4.90 Å². The smallest absolute Gasteiger partial charge is 0.242 e. The van der Waals surface area contributed by atoms with Crippen LogP contribution in [0.4, 0.5) is 5.69 Å². The van der Waals surface area contributed by atoms with Crippen LogP contribution in [0.15, 0.2) is 53.4 Å². The normalized spacial score (nSPS) is 10.8. The quantitative estimate of drug-likeness (QED) is 0.863. The Kier molecular flexibility index (Phi) is 5.34. The molecule has 118 valence electrons. The van der Waals surface area contributed by atoms with Crippen LogP contribution in [0.3, 0.4) is 0 Å². The molecule has 2 rings (SSSR count). The van der Waals surface area contributed by atoms with Gasteiger partial charge in [0, 0.05) is 5.69 Å². The van der Waals surface area contributed by atoms with Gasteiger partial charge in [-0.2, -0.15) is 5.26 Å². The Labute approximate surface area is 138 Å². The van der Waals surface area contributed by atoms with Crippen molar-refractivity contribution in [1.29, 1.82) is 5.26 Å². The SMILES string of the molecule is N#Cc1ccc(NC(=O)CNS(=O)(=O)c2ccccc2Cl)cc1. The maximum absolute atomic E-state index is 12.1. The summed E-state index contributed by atoms with van der Waals surface area (Å²) in [4.78, 5) is 11.7. The number of anilines is 1. The Morgan fingerprint density at radius 3 is 2.39 bits per heavy atom. The number of benzene rings is 2. The fourth-order valence-electron chi connectivity index (χ4n) is 1.73. The summed E-state index contributed by atoms with van der Waals surface area (Å²) in [7, 11) is -3.87. The van der Waals surface area contributed by atoms with E-state index in [1.807, 2.05) is 6.07 Å². The van der Waals surface area contributed by atoms with E-state index < -0.39 is 22.5 Å². The monoisotopic (exact) mass is 349 g/mol. The Bertz CT molecular complexity index is 858. The minimum Gasteiger partial charge on any atom is -0.325 e. The number of halogens is 1. The number of hydrogen-bond donors (Lipinski definition) is 2. The first kappa shape index (κ1) is 17.0. The number of rotatable bonds is 5. The second kappa shape index (κ2) is 7.24. The lowest BCUT2D eigenvalue weighted by molar-refractivity contribution is -0.115. The highest BCUT2D eigenvalue weighted by molar-refractivity contribution is 7.89. The van der Waals surface area contributed by atoms with E-state index in [0.29, 0.717) is 11.3 Å². The highest BCUT2D eigenvalue weighted by atomic mass is 35.5. The van der Waals surface area contributed by atoms with Crippen molar-refractivity contribution in [3.05, 3.63) is 59.1 Å². The van der Waals surface area contributed by atoms with Crippen LogP contribution in [0, 0.1) is 11.3 Å². The van der Waals surface area contributed by atoms with Gasteiger partial charge in [-0.3, -0.25) is 4.79 Å². The summed E-state index contributed by atoms with van der Waals surface area (Å²) in [5.74, 6) is -0.537. The molecule has 0 unspecified atom stereocenters. The number of hydrogen-bond acceptors (Lipinski definition) is 4. The van der Waals surface area contributed by atoms with Crippen molar-refractivity contribution in [1.82, 2.24) is 4.72 Å². The highest BCUT2D eigenvalue weighted by Crippen LogP contribution is 2.19.